The van der Waals surface area contributed by atoms with Gasteiger partial charge in [-0.1, -0.05) is 31.9 Å². The van der Waals surface area contributed by atoms with Crippen LogP contribution in [0.5, 0.6) is 0 Å². The molecule has 12 heavy (non-hydrogen) atoms. The molecule has 0 saturated heterocycles. The Kier molecular flexibility index (Phi) is 4.37. The zero-order valence-electron chi connectivity index (χ0n) is 8.00. The van der Waals surface area contributed by atoms with E-state index in [1.165, 1.54) is 32.1 Å². The first-order chi connectivity index (χ1) is 5.84. The van der Waals surface area contributed by atoms with Gasteiger partial charge in [-0.2, -0.15) is 0 Å². The summed E-state index contributed by atoms with van der Waals surface area (Å²) in [7, 11) is 0. The first kappa shape index (κ1) is 9.79. The predicted octanol–water partition coefficient (Wildman–Crippen LogP) is 2.89. The molecule has 0 aliphatic heterocycles. The van der Waals surface area contributed by atoms with E-state index >= 15 is 0 Å². The van der Waals surface area contributed by atoms with Crippen LogP contribution >= 0.6 is 0 Å². The molecule has 0 bridgehead atoms. The summed E-state index contributed by atoms with van der Waals surface area (Å²) in [5, 5.41) is 9.65. The van der Waals surface area contributed by atoms with Gasteiger partial charge in [-0.3, -0.25) is 0 Å². The van der Waals surface area contributed by atoms with E-state index in [9.17, 15) is 5.11 Å². The lowest BCUT2D eigenvalue weighted by atomic mass is 9.91. The minimum Gasteiger partial charge on any atom is -0.393 e. The van der Waals surface area contributed by atoms with Gasteiger partial charge in [0.1, 0.15) is 0 Å². The third kappa shape index (κ3) is 2.98. The van der Waals surface area contributed by atoms with Crippen molar-refractivity contribution in [1.82, 2.24) is 0 Å². The molecule has 1 N–H and O–H groups in total. The topological polar surface area (TPSA) is 20.2 Å². The second-order valence-electron chi connectivity index (χ2n) is 3.71. The number of hydrogen-bond donors (Lipinski definition) is 1. The normalized spacial score (nSPS) is 30.3. The van der Waals surface area contributed by atoms with E-state index in [2.05, 4.69) is 19.1 Å². The minimum absolute atomic E-state index is 0.112. The summed E-state index contributed by atoms with van der Waals surface area (Å²) in [5.74, 6) is 0.426. The van der Waals surface area contributed by atoms with Crippen LogP contribution in [0.25, 0.3) is 0 Å². The molecule has 0 heterocycles. The molecule has 0 aromatic heterocycles. The number of hydrogen-bond acceptors (Lipinski definition) is 1. The van der Waals surface area contributed by atoms with Crippen molar-refractivity contribution >= 4 is 0 Å². The highest BCUT2D eigenvalue weighted by Gasteiger charge is 2.14. The quantitative estimate of drug-likeness (QED) is 0.629. The standard InChI is InChI=1S/C11H20O/c1-2-11(12)10-8-6-4-3-5-7-9-10/h6,8,10-12H,2-5,7,9H2,1H3/b8-6-/t10-,11+/m1/s1. The molecule has 0 amide bonds. The summed E-state index contributed by atoms with van der Waals surface area (Å²) in [6.07, 6.45) is 11.5. The van der Waals surface area contributed by atoms with Crippen LogP contribution in [-0.2, 0) is 0 Å². The molecule has 0 radical (unpaired) electrons. The first-order valence-electron chi connectivity index (χ1n) is 5.19. The fourth-order valence-corrected chi connectivity index (χ4v) is 1.81. The van der Waals surface area contributed by atoms with Crippen LogP contribution < -0.4 is 0 Å². The van der Waals surface area contributed by atoms with Crippen LogP contribution in [0.3, 0.4) is 0 Å². The van der Waals surface area contributed by atoms with Crippen molar-refractivity contribution in [3.05, 3.63) is 12.2 Å². The molecule has 2 atom stereocenters. The van der Waals surface area contributed by atoms with Gasteiger partial charge in [-0.25, -0.2) is 0 Å². The maximum absolute atomic E-state index is 9.65. The van der Waals surface area contributed by atoms with E-state index in [-0.39, 0.29) is 6.10 Å². The van der Waals surface area contributed by atoms with Crippen LogP contribution in [0, 0.1) is 5.92 Å². The van der Waals surface area contributed by atoms with Crippen LogP contribution in [0.2, 0.25) is 0 Å². The Labute approximate surface area is 75.5 Å². The summed E-state index contributed by atoms with van der Waals surface area (Å²) in [6, 6.07) is 0. The van der Waals surface area contributed by atoms with E-state index in [0.717, 1.165) is 6.42 Å². The fourth-order valence-electron chi connectivity index (χ4n) is 1.81. The van der Waals surface area contributed by atoms with Crippen LogP contribution in [0.4, 0.5) is 0 Å². The lowest BCUT2D eigenvalue weighted by Gasteiger charge is -2.19. The summed E-state index contributed by atoms with van der Waals surface area (Å²) in [5.41, 5.74) is 0. The maximum Gasteiger partial charge on any atom is 0.0600 e. The van der Waals surface area contributed by atoms with Gasteiger partial charge in [0.05, 0.1) is 6.10 Å². The maximum atomic E-state index is 9.65. The molecular formula is C11H20O. The largest absolute Gasteiger partial charge is 0.393 e. The second kappa shape index (κ2) is 5.36. The monoisotopic (exact) mass is 168 g/mol. The van der Waals surface area contributed by atoms with Gasteiger partial charge >= 0.3 is 0 Å². The number of aliphatic hydroxyl groups excluding tert-OH is 1. The Morgan fingerprint density at radius 3 is 3.00 bits per heavy atom. The summed E-state index contributed by atoms with van der Waals surface area (Å²) in [4.78, 5) is 0. The molecular weight excluding hydrogens is 148 g/mol. The second-order valence-corrected chi connectivity index (χ2v) is 3.71. The van der Waals surface area contributed by atoms with Gasteiger partial charge in [0.2, 0.25) is 0 Å². The molecule has 1 heteroatoms. The van der Waals surface area contributed by atoms with Gasteiger partial charge in [-0.15, -0.1) is 0 Å². The molecule has 1 aliphatic carbocycles. The highest BCUT2D eigenvalue weighted by molar-refractivity contribution is 4.92. The highest BCUT2D eigenvalue weighted by atomic mass is 16.3. The molecule has 0 spiro atoms. The number of rotatable bonds is 2. The van der Waals surface area contributed by atoms with Crippen LogP contribution in [-0.4, -0.2) is 11.2 Å². The Balaban J connectivity index is 2.43. The smallest absolute Gasteiger partial charge is 0.0600 e. The van der Waals surface area contributed by atoms with Gasteiger partial charge in [0.25, 0.3) is 0 Å². The summed E-state index contributed by atoms with van der Waals surface area (Å²) in [6.45, 7) is 2.05. The summed E-state index contributed by atoms with van der Waals surface area (Å²) < 4.78 is 0. The Hall–Kier alpha value is -0.300. The molecule has 0 fully saturated rings. The molecule has 0 unspecified atom stereocenters. The van der Waals surface area contributed by atoms with Crippen molar-refractivity contribution in [3.63, 3.8) is 0 Å². The van der Waals surface area contributed by atoms with Crippen LogP contribution in [0.1, 0.15) is 45.4 Å². The third-order valence-corrected chi connectivity index (χ3v) is 2.70. The average molecular weight is 168 g/mol. The SMILES string of the molecule is CC[C@H](O)[C@@H]1/C=C\CCCCC1. The lowest BCUT2D eigenvalue weighted by molar-refractivity contribution is 0.119. The Bertz CT molecular complexity index is 140. The molecule has 1 aliphatic rings. The summed E-state index contributed by atoms with van der Waals surface area (Å²) >= 11 is 0. The van der Waals surface area contributed by atoms with E-state index in [1.807, 2.05) is 0 Å². The van der Waals surface area contributed by atoms with Crippen molar-refractivity contribution in [2.24, 2.45) is 5.92 Å². The van der Waals surface area contributed by atoms with E-state index < -0.39 is 0 Å². The van der Waals surface area contributed by atoms with Crippen LogP contribution in [0.15, 0.2) is 12.2 Å². The predicted molar refractivity (Wildman–Crippen MR) is 52.0 cm³/mol. The lowest BCUT2D eigenvalue weighted by Crippen LogP contribution is -2.17. The first-order valence-corrected chi connectivity index (χ1v) is 5.19. The van der Waals surface area contributed by atoms with Gasteiger partial charge in [0.15, 0.2) is 0 Å². The molecule has 70 valence electrons. The van der Waals surface area contributed by atoms with Gasteiger partial charge in [-0.05, 0) is 25.7 Å². The third-order valence-electron chi connectivity index (χ3n) is 2.70. The van der Waals surface area contributed by atoms with E-state index in [1.54, 1.807) is 0 Å². The zero-order valence-corrected chi connectivity index (χ0v) is 8.00. The van der Waals surface area contributed by atoms with E-state index in [0.29, 0.717) is 5.92 Å². The van der Waals surface area contributed by atoms with Gasteiger partial charge < -0.3 is 5.11 Å². The Morgan fingerprint density at radius 2 is 2.25 bits per heavy atom. The van der Waals surface area contributed by atoms with Crippen molar-refractivity contribution in [2.75, 3.05) is 0 Å². The number of aliphatic hydroxyl groups is 1. The van der Waals surface area contributed by atoms with Gasteiger partial charge in [0, 0.05) is 5.92 Å². The van der Waals surface area contributed by atoms with E-state index in [4.69, 9.17) is 0 Å². The molecule has 0 aromatic rings. The molecule has 0 saturated carbocycles. The average Bonchev–Trinajstić information content (AvgIpc) is 2.02. The fraction of sp³-hybridized carbons (Fsp3) is 0.818. The molecule has 1 rings (SSSR count). The van der Waals surface area contributed by atoms with Crippen molar-refractivity contribution in [1.29, 1.82) is 0 Å². The highest BCUT2D eigenvalue weighted by Crippen LogP contribution is 2.21. The minimum atomic E-state index is -0.112. The van der Waals surface area contributed by atoms with Crippen molar-refractivity contribution in [3.8, 4) is 0 Å². The number of allylic oxidation sites excluding steroid dienone is 1. The Morgan fingerprint density at radius 1 is 1.42 bits per heavy atom. The zero-order chi connectivity index (χ0) is 8.81. The molecule has 0 aromatic carbocycles. The van der Waals surface area contributed by atoms with Crippen molar-refractivity contribution in [2.45, 2.75) is 51.6 Å². The van der Waals surface area contributed by atoms with Crippen molar-refractivity contribution < 1.29 is 5.11 Å². The molecule has 1 nitrogen and oxygen atoms in total.